The van der Waals surface area contributed by atoms with Crippen LogP contribution in [0.15, 0.2) is 0 Å². The lowest BCUT2D eigenvalue weighted by Crippen LogP contribution is -2.65. The molecule has 3 atom stereocenters. The molecular formula is C16H29N3O3. The fraction of sp³-hybridized carbons (Fsp3) is 0.875. The van der Waals surface area contributed by atoms with Crippen molar-refractivity contribution < 1.29 is 14.3 Å². The van der Waals surface area contributed by atoms with E-state index in [1.165, 1.54) is 17.7 Å². The number of urea groups is 1. The Kier molecular flexibility index (Phi) is 5.32. The number of nitrogens with one attached hydrogen (secondary N) is 2. The third kappa shape index (κ3) is 3.21. The van der Waals surface area contributed by atoms with Gasteiger partial charge in [0.05, 0.1) is 6.10 Å². The van der Waals surface area contributed by atoms with Gasteiger partial charge in [-0.1, -0.05) is 12.8 Å². The number of amides is 3. The molecule has 0 unspecified atom stereocenters. The molecule has 2 aliphatic rings. The van der Waals surface area contributed by atoms with Gasteiger partial charge in [-0.2, -0.15) is 0 Å². The van der Waals surface area contributed by atoms with Gasteiger partial charge >= 0.3 is 6.03 Å². The van der Waals surface area contributed by atoms with Crippen LogP contribution in [0.5, 0.6) is 0 Å². The monoisotopic (exact) mass is 311 g/mol. The van der Waals surface area contributed by atoms with Gasteiger partial charge in [-0.15, -0.1) is 0 Å². The van der Waals surface area contributed by atoms with Gasteiger partial charge in [0.1, 0.15) is 6.04 Å². The van der Waals surface area contributed by atoms with E-state index in [4.69, 9.17) is 4.74 Å². The number of nitrogens with zero attached hydrogens (tertiary/aromatic N) is 1. The molecule has 0 aromatic rings. The molecule has 2 aliphatic carbocycles. The first-order valence-corrected chi connectivity index (χ1v) is 8.30. The molecule has 126 valence electrons. The Labute approximate surface area is 132 Å². The minimum atomic E-state index is -0.516. The second-order valence-corrected chi connectivity index (χ2v) is 6.74. The highest BCUT2D eigenvalue weighted by Gasteiger charge is 2.57. The maximum absolute atomic E-state index is 12.2. The summed E-state index contributed by atoms with van der Waals surface area (Å²) in [7, 11) is 3.37. The first kappa shape index (κ1) is 17.1. The minimum absolute atomic E-state index is 0.105. The molecule has 2 rings (SSSR count). The third-order valence-electron chi connectivity index (χ3n) is 5.15. The van der Waals surface area contributed by atoms with Crippen molar-refractivity contribution in [1.29, 1.82) is 0 Å². The molecular weight excluding hydrogens is 282 g/mol. The van der Waals surface area contributed by atoms with E-state index < -0.39 is 6.04 Å². The molecule has 0 aromatic heterocycles. The summed E-state index contributed by atoms with van der Waals surface area (Å²) in [6.07, 6.45) is 5.80. The predicted molar refractivity (Wildman–Crippen MR) is 84.5 cm³/mol. The largest absolute Gasteiger partial charge is 0.378 e. The van der Waals surface area contributed by atoms with Gasteiger partial charge in [-0.05, 0) is 33.1 Å². The summed E-state index contributed by atoms with van der Waals surface area (Å²) in [4.78, 5) is 25.4. The van der Waals surface area contributed by atoms with Crippen molar-refractivity contribution in [2.45, 2.75) is 64.1 Å². The number of hydrogen-bond acceptors (Lipinski definition) is 3. The second kappa shape index (κ2) is 6.86. The summed E-state index contributed by atoms with van der Waals surface area (Å²) in [5.74, 6) is -0.105. The molecule has 6 nitrogen and oxygen atoms in total. The molecule has 0 radical (unpaired) electrons. The Hall–Kier alpha value is -1.30. The van der Waals surface area contributed by atoms with Crippen LogP contribution >= 0.6 is 0 Å². The Morgan fingerprint density at radius 2 is 1.95 bits per heavy atom. The zero-order valence-electron chi connectivity index (χ0n) is 14.1. The Bertz CT molecular complexity index is 419. The van der Waals surface area contributed by atoms with E-state index in [1.807, 2.05) is 6.92 Å². The van der Waals surface area contributed by atoms with Crippen LogP contribution in [0, 0.1) is 5.41 Å². The molecule has 2 N–H and O–H groups in total. The van der Waals surface area contributed by atoms with Gasteiger partial charge in [-0.3, -0.25) is 4.79 Å². The van der Waals surface area contributed by atoms with E-state index in [-0.39, 0.29) is 29.5 Å². The Morgan fingerprint density at radius 3 is 2.50 bits per heavy atom. The molecule has 0 saturated heterocycles. The fourth-order valence-corrected chi connectivity index (χ4v) is 3.93. The fourth-order valence-electron chi connectivity index (χ4n) is 3.93. The van der Waals surface area contributed by atoms with Gasteiger partial charge in [0.15, 0.2) is 0 Å². The standard InChI is InChI=1S/C16H29N3O3/c1-5-22-13-10-12(16(13)8-6-7-9-16)18-15(21)17-11(2)14(20)19(3)4/h11-13H,5-10H2,1-4H3,(H2,17,18,21)/t11-,12-,13-/m0/s1. The molecule has 2 fully saturated rings. The molecule has 0 aliphatic heterocycles. The maximum atomic E-state index is 12.2. The first-order chi connectivity index (χ1) is 10.4. The van der Waals surface area contributed by atoms with Gasteiger partial charge < -0.3 is 20.3 Å². The van der Waals surface area contributed by atoms with Crippen LogP contribution in [0.4, 0.5) is 4.79 Å². The molecule has 6 heteroatoms. The van der Waals surface area contributed by atoms with Crippen molar-refractivity contribution in [2.75, 3.05) is 20.7 Å². The van der Waals surface area contributed by atoms with Gasteiger partial charge in [-0.25, -0.2) is 4.79 Å². The molecule has 0 heterocycles. The highest BCUT2D eigenvalue weighted by molar-refractivity contribution is 5.86. The number of carbonyl (C=O) groups excluding carboxylic acids is 2. The van der Waals surface area contributed by atoms with Crippen LogP contribution in [-0.4, -0.2) is 55.7 Å². The number of carbonyl (C=O) groups is 2. The van der Waals surface area contributed by atoms with Gasteiger partial charge in [0, 0.05) is 32.2 Å². The van der Waals surface area contributed by atoms with Gasteiger partial charge in [0.25, 0.3) is 0 Å². The molecule has 2 saturated carbocycles. The lowest BCUT2D eigenvalue weighted by atomic mass is 9.60. The van der Waals surface area contributed by atoms with Crippen LogP contribution in [0.25, 0.3) is 0 Å². The summed E-state index contributed by atoms with van der Waals surface area (Å²) in [5, 5.41) is 5.79. The zero-order valence-corrected chi connectivity index (χ0v) is 14.1. The number of hydrogen-bond donors (Lipinski definition) is 2. The number of likely N-dealkylation sites (N-methyl/N-ethyl adjacent to an activating group) is 1. The SMILES string of the molecule is CCO[C@H]1C[C@H](NC(=O)N[C@@H](C)C(=O)N(C)C)C12CCCC2. The van der Waals surface area contributed by atoms with E-state index in [2.05, 4.69) is 10.6 Å². The normalized spacial score (nSPS) is 27.1. The smallest absolute Gasteiger partial charge is 0.315 e. The van der Waals surface area contributed by atoms with Crippen molar-refractivity contribution in [1.82, 2.24) is 15.5 Å². The zero-order chi connectivity index (χ0) is 16.3. The Morgan fingerprint density at radius 1 is 1.32 bits per heavy atom. The van der Waals surface area contributed by atoms with Crippen molar-refractivity contribution in [3.05, 3.63) is 0 Å². The van der Waals surface area contributed by atoms with Crippen LogP contribution in [-0.2, 0) is 9.53 Å². The summed E-state index contributed by atoms with van der Waals surface area (Å²) in [5.41, 5.74) is 0.113. The second-order valence-electron chi connectivity index (χ2n) is 6.74. The van der Waals surface area contributed by atoms with Gasteiger partial charge in [0.2, 0.25) is 5.91 Å². The lowest BCUT2D eigenvalue weighted by molar-refractivity contribution is -0.130. The molecule has 1 spiro atoms. The van der Waals surface area contributed by atoms with E-state index >= 15 is 0 Å². The maximum Gasteiger partial charge on any atom is 0.315 e. The average molecular weight is 311 g/mol. The number of rotatable bonds is 5. The van der Waals surface area contributed by atoms with Crippen LogP contribution in [0.3, 0.4) is 0 Å². The lowest BCUT2D eigenvalue weighted by Gasteiger charge is -2.54. The van der Waals surface area contributed by atoms with E-state index in [9.17, 15) is 9.59 Å². The van der Waals surface area contributed by atoms with Crippen molar-refractivity contribution in [3.8, 4) is 0 Å². The minimum Gasteiger partial charge on any atom is -0.378 e. The Balaban J connectivity index is 1.88. The number of ether oxygens (including phenoxy) is 1. The summed E-state index contributed by atoms with van der Waals surface area (Å²) < 4.78 is 5.85. The van der Waals surface area contributed by atoms with E-state index in [0.29, 0.717) is 0 Å². The average Bonchev–Trinajstić information content (AvgIpc) is 2.97. The van der Waals surface area contributed by atoms with Crippen LogP contribution < -0.4 is 10.6 Å². The summed E-state index contributed by atoms with van der Waals surface area (Å²) >= 11 is 0. The summed E-state index contributed by atoms with van der Waals surface area (Å²) in [6.45, 7) is 4.45. The van der Waals surface area contributed by atoms with Crippen LogP contribution in [0.1, 0.15) is 46.0 Å². The van der Waals surface area contributed by atoms with Crippen LogP contribution in [0.2, 0.25) is 0 Å². The van der Waals surface area contributed by atoms with E-state index in [0.717, 1.165) is 25.9 Å². The quantitative estimate of drug-likeness (QED) is 0.808. The highest BCUT2D eigenvalue weighted by Crippen LogP contribution is 2.54. The first-order valence-electron chi connectivity index (χ1n) is 8.30. The molecule has 0 aromatic carbocycles. The summed E-state index contributed by atoms with van der Waals surface area (Å²) in [6, 6.07) is -0.612. The molecule has 22 heavy (non-hydrogen) atoms. The van der Waals surface area contributed by atoms with Crippen molar-refractivity contribution >= 4 is 11.9 Å². The third-order valence-corrected chi connectivity index (χ3v) is 5.15. The topological polar surface area (TPSA) is 70.7 Å². The highest BCUT2D eigenvalue weighted by atomic mass is 16.5. The molecule has 3 amide bonds. The van der Waals surface area contributed by atoms with E-state index in [1.54, 1.807) is 21.0 Å². The predicted octanol–water partition coefficient (Wildman–Crippen LogP) is 1.50. The molecule has 0 bridgehead atoms. The van der Waals surface area contributed by atoms with Crippen molar-refractivity contribution in [3.63, 3.8) is 0 Å². The van der Waals surface area contributed by atoms with Crippen molar-refractivity contribution in [2.24, 2.45) is 5.41 Å².